The Kier molecular flexibility index (Phi) is 3.92. The number of aryl methyl sites for hydroxylation is 2. The van der Waals surface area contributed by atoms with Gasteiger partial charge in [-0.25, -0.2) is 4.68 Å². The van der Waals surface area contributed by atoms with Gasteiger partial charge in [-0.2, -0.15) is 5.10 Å². The summed E-state index contributed by atoms with van der Waals surface area (Å²) in [4.78, 5) is 10.7. The Labute approximate surface area is 122 Å². The van der Waals surface area contributed by atoms with Crippen molar-refractivity contribution in [3.05, 3.63) is 27.5 Å². The molecule has 114 valence electrons. The van der Waals surface area contributed by atoms with E-state index in [1.165, 1.54) is 4.68 Å². The Morgan fingerprint density at radius 1 is 1.33 bits per heavy atom. The molecule has 0 radical (unpaired) electrons. The maximum absolute atomic E-state index is 11.1. The fourth-order valence-corrected chi connectivity index (χ4v) is 2.26. The van der Waals surface area contributed by atoms with Crippen molar-refractivity contribution in [3.63, 3.8) is 0 Å². The molecule has 0 spiro atoms. The third kappa shape index (κ3) is 2.71. The van der Waals surface area contributed by atoms with Crippen LogP contribution < -0.4 is 5.32 Å². The largest absolute Gasteiger partial charge is 0.357 e. The Morgan fingerprint density at radius 2 is 2.00 bits per heavy atom. The number of nitro groups is 1. The van der Waals surface area contributed by atoms with E-state index < -0.39 is 4.92 Å². The minimum absolute atomic E-state index is 0.0104. The van der Waals surface area contributed by atoms with Crippen molar-refractivity contribution in [1.29, 1.82) is 0 Å². The van der Waals surface area contributed by atoms with Gasteiger partial charge in [0.15, 0.2) is 5.82 Å². The standard InChI is InChI=1S/C12H19N7O2/c1-7(2)11-15-14-9(17(11)4)6-13-12-10(19(20)21)8(3)16-18(12)5/h7,13H,6H2,1-5H3. The van der Waals surface area contributed by atoms with Crippen LogP contribution in [0.15, 0.2) is 0 Å². The van der Waals surface area contributed by atoms with E-state index >= 15 is 0 Å². The van der Waals surface area contributed by atoms with E-state index in [4.69, 9.17) is 0 Å². The van der Waals surface area contributed by atoms with E-state index in [0.717, 1.165) is 5.82 Å². The van der Waals surface area contributed by atoms with Crippen LogP contribution in [0.1, 0.15) is 37.1 Å². The van der Waals surface area contributed by atoms with Gasteiger partial charge in [0.2, 0.25) is 5.82 Å². The molecule has 0 aliphatic heterocycles. The zero-order chi connectivity index (χ0) is 15.7. The van der Waals surface area contributed by atoms with E-state index in [9.17, 15) is 10.1 Å². The minimum Gasteiger partial charge on any atom is -0.357 e. The van der Waals surface area contributed by atoms with Crippen molar-refractivity contribution in [3.8, 4) is 0 Å². The molecule has 9 heteroatoms. The average molecular weight is 293 g/mol. The topological polar surface area (TPSA) is 104 Å². The third-order valence-corrected chi connectivity index (χ3v) is 3.30. The molecule has 0 amide bonds. The summed E-state index contributed by atoms with van der Waals surface area (Å²) in [5.74, 6) is 2.23. The lowest BCUT2D eigenvalue weighted by Crippen LogP contribution is -2.11. The second-order valence-electron chi connectivity index (χ2n) is 5.21. The summed E-state index contributed by atoms with van der Waals surface area (Å²) in [6.07, 6.45) is 0. The first-order chi connectivity index (χ1) is 9.82. The van der Waals surface area contributed by atoms with Crippen LogP contribution in [0.4, 0.5) is 11.5 Å². The Bertz CT molecular complexity index is 671. The Hall–Kier alpha value is -2.45. The molecule has 0 fully saturated rings. The van der Waals surface area contributed by atoms with Gasteiger partial charge in [-0.15, -0.1) is 10.2 Å². The van der Waals surface area contributed by atoms with E-state index in [-0.39, 0.29) is 11.6 Å². The van der Waals surface area contributed by atoms with E-state index in [1.54, 1.807) is 14.0 Å². The van der Waals surface area contributed by atoms with Crippen molar-refractivity contribution >= 4 is 11.5 Å². The lowest BCUT2D eigenvalue weighted by molar-refractivity contribution is -0.384. The van der Waals surface area contributed by atoms with E-state index in [2.05, 4.69) is 20.6 Å². The molecule has 2 aromatic rings. The molecule has 2 heterocycles. The monoisotopic (exact) mass is 293 g/mol. The van der Waals surface area contributed by atoms with Gasteiger partial charge >= 0.3 is 5.69 Å². The normalized spacial score (nSPS) is 11.1. The highest BCUT2D eigenvalue weighted by atomic mass is 16.6. The van der Waals surface area contributed by atoms with Gasteiger partial charge < -0.3 is 9.88 Å². The fourth-order valence-electron chi connectivity index (χ4n) is 2.26. The molecule has 2 aromatic heterocycles. The number of nitrogens with zero attached hydrogens (tertiary/aromatic N) is 6. The predicted molar refractivity (Wildman–Crippen MR) is 77.0 cm³/mol. The van der Waals surface area contributed by atoms with Crippen molar-refractivity contribution in [2.24, 2.45) is 14.1 Å². The quantitative estimate of drug-likeness (QED) is 0.661. The second-order valence-corrected chi connectivity index (χ2v) is 5.21. The van der Waals surface area contributed by atoms with Gasteiger partial charge in [-0.1, -0.05) is 13.8 Å². The van der Waals surface area contributed by atoms with E-state index in [1.807, 2.05) is 25.5 Å². The summed E-state index contributed by atoms with van der Waals surface area (Å²) >= 11 is 0. The average Bonchev–Trinajstić information content (AvgIpc) is 2.87. The number of rotatable bonds is 5. The molecular formula is C12H19N7O2. The molecule has 0 atom stereocenters. The number of nitrogens with one attached hydrogen (secondary N) is 1. The van der Waals surface area contributed by atoms with Crippen LogP contribution in [-0.4, -0.2) is 29.5 Å². The lowest BCUT2D eigenvalue weighted by atomic mass is 10.2. The van der Waals surface area contributed by atoms with Gasteiger partial charge in [0, 0.05) is 20.0 Å². The van der Waals surface area contributed by atoms with Crippen LogP contribution in [0.2, 0.25) is 0 Å². The first kappa shape index (κ1) is 14.9. The van der Waals surface area contributed by atoms with Crippen LogP contribution >= 0.6 is 0 Å². The highest BCUT2D eigenvalue weighted by Gasteiger charge is 2.24. The molecular weight excluding hydrogens is 274 g/mol. The summed E-state index contributed by atoms with van der Waals surface area (Å²) in [7, 11) is 3.55. The molecule has 2 rings (SSSR count). The first-order valence-corrected chi connectivity index (χ1v) is 6.63. The van der Waals surface area contributed by atoms with Crippen molar-refractivity contribution in [2.75, 3.05) is 5.32 Å². The number of anilines is 1. The first-order valence-electron chi connectivity index (χ1n) is 6.63. The molecule has 0 aromatic carbocycles. The van der Waals surface area contributed by atoms with Crippen LogP contribution in [0, 0.1) is 17.0 Å². The molecule has 9 nitrogen and oxygen atoms in total. The Morgan fingerprint density at radius 3 is 2.52 bits per heavy atom. The SMILES string of the molecule is Cc1nn(C)c(NCc2nnc(C(C)C)n2C)c1[N+](=O)[O-]. The fraction of sp³-hybridized carbons (Fsp3) is 0.583. The zero-order valence-corrected chi connectivity index (χ0v) is 12.8. The van der Waals surface area contributed by atoms with Crippen molar-refractivity contribution in [2.45, 2.75) is 33.2 Å². The van der Waals surface area contributed by atoms with Crippen LogP contribution in [0.5, 0.6) is 0 Å². The third-order valence-electron chi connectivity index (χ3n) is 3.30. The minimum atomic E-state index is -0.430. The molecule has 0 saturated carbocycles. The summed E-state index contributed by atoms with van der Waals surface area (Å²) in [5.41, 5.74) is 0.370. The van der Waals surface area contributed by atoms with Crippen molar-refractivity contribution < 1.29 is 4.92 Å². The van der Waals surface area contributed by atoms with Crippen LogP contribution in [-0.2, 0) is 20.6 Å². The highest BCUT2D eigenvalue weighted by molar-refractivity contribution is 5.59. The van der Waals surface area contributed by atoms with Gasteiger partial charge in [0.25, 0.3) is 0 Å². The summed E-state index contributed by atoms with van der Waals surface area (Å²) in [6.45, 7) is 6.03. The second kappa shape index (κ2) is 5.51. The number of aromatic nitrogens is 5. The van der Waals surface area contributed by atoms with Gasteiger partial charge in [-0.05, 0) is 6.92 Å². The van der Waals surface area contributed by atoms with Crippen molar-refractivity contribution in [1.82, 2.24) is 24.5 Å². The maximum Gasteiger partial charge on any atom is 0.333 e. The van der Waals surface area contributed by atoms with Gasteiger partial charge in [0.05, 0.1) is 11.5 Å². The molecule has 0 aliphatic carbocycles. The summed E-state index contributed by atoms with van der Waals surface area (Å²) in [5, 5.41) is 26.4. The molecule has 1 N–H and O–H groups in total. The van der Waals surface area contributed by atoms with Gasteiger partial charge in [-0.3, -0.25) is 10.1 Å². The van der Waals surface area contributed by atoms with E-state index in [0.29, 0.717) is 23.9 Å². The molecule has 0 unspecified atom stereocenters. The highest BCUT2D eigenvalue weighted by Crippen LogP contribution is 2.27. The number of hydrogen-bond donors (Lipinski definition) is 1. The molecule has 0 saturated heterocycles. The van der Waals surface area contributed by atoms with Crippen LogP contribution in [0.3, 0.4) is 0 Å². The Balaban J connectivity index is 2.23. The van der Waals surface area contributed by atoms with Gasteiger partial charge in [0.1, 0.15) is 11.5 Å². The molecule has 21 heavy (non-hydrogen) atoms. The summed E-state index contributed by atoms with van der Waals surface area (Å²) in [6, 6.07) is 0. The molecule has 0 aliphatic rings. The van der Waals surface area contributed by atoms with Crippen LogP contribution in [0.25, 0.3) is 0 Å². The summed E-state index contributed by atoms with van der Waals surface area (Å²) < 4.78 is 3.36. The smallest absolute Gasteiger partial charge is 0.333 e. The molecule has 0 bridgehead atoms. The maximum atomic E-state index is 11.1. The lowest BCUT2D eigenvalue weighted by Gasteiger charge is -2.08. The number of hydrogen-bond acceptors (Lipinski definition) is 6. The predicted octanol–water partition coefficient (Wildman–Crippen LogP) is 1.50. The zero-order valence-electron chi connectivity index (χ0n) is 12.8.